The standard InChI is InChI=1S/C24H21N7O5/c1-4-21(32)25-12-13-9-20(30-26-16-7-5-14(35-2)10-18(16)28-30)24(34)22(23(13)33)31-27-17-8-6-15(36-3)11-19(17)29-31/h4-11,33-34H,1,12H2,2-3H3,(H,25,32). The van der Waals surface area contributed by atoms with E-state index < -0.39 is 5.91 Å². The number of phenols is 2. The molecule has 0 aliphatic rings. The second kappa shape index (κ2) is 8.91. The number of rotatable bonds is 7. The third-order valence-electron chi connectivity index (χ3n) is 5.54. The van der Waals surface area contributed by atoms with E-state index in [2.05, 4.69) is 32.3 Å². The van der Waals surface area contributed by atoms with Gasteiger partial charge in [-0.1, -0.05) is 6.58 Å². The maximum absolute atomic E-state index is 11.8. The summed E-state index contributed by atoms with van der Waals surface area (Å²) in [6.45, 7) is 3.36. The number of ether oxygens (including phenoxy) is 2. The molecule has 2 aromatic heterocycles. The lowest BCUT2D eigenvalue weighted by atomic mass is 10.1. The molecule has 0 unspecified atom stereocenters. The average molecular weight is 487 g/mol. The number of nitrogens with one attached hydrogen (secondary N) is 1. The van der Waals surface area contributed by atoms with E-state index in [0.717, 1.165) is 10.9 Å². The van der Waals surface area contributed by atoms with Crippen LogP contribution < -0.4 is 14.8 Å². The first kappa shape index (κ1) is 22.7. The van der Waals surface area contributed by atoms with E-state index in [4.69, 9.17) is 9.47 Å². The van der Waals surface area contributed by atoms with Crippen molar-refractivity contribution in [3.8, 4) is 34.4 Å². The van der Waals surface area contributed by atoms with Gasteiger partial charge in [0, 0.05) is 24.2 Å². The minimum Gasteiger partial charge on any atom is -0.505 e. The van der Waals surface area contributed by atoms with Crippen LogP contribution in [0, 0.1) is 0 Å². The molecular weight excluding hydrogens is 466 g/mol. The van der Waals surface area contributed by atoms with E-state index in [-0.39, 0.29) is 35.0 Å². The summed E-state index contributed by atoms with van der Waals surface area (Å²) in [6, 6.07) is 11.8. The zero-order valence-electron chi connectivity index (χ0n) is 19.3. The molecular formula is C24H21N7O5. The zero-order chi connectivity index (χ0) is 25.4. The molecule has 0 fully saturated rings. The predicted molar refractivity (Wildman–Crippen MR) is 130 cm³/mol. The molecule has 3 aromatic carbocycles. The lowest BCUT2D eigenvalue weighted by Gasteiger charge is -2.14. The number of methoxy groups -OCH3 is 2. The zero-order valence-corrected chi connectivity index (χ0v) is 19.3. The largest absolute Gasteiger partial charge is 0.505 e. The highest BCUT2D eigenvalue weighted by atomic mass is 16.5. The Morgan fingerprint density at radius 2 is 1.44 bits per heavy atom. The van der Waals surface area contributed by atoms with Crippen molar-refractivity contribution in [1.29, 1.82) is 0 Å². The number of aromatic hydroxyl groups is 2. The van der Waals surface area contributed by atoms with Crippen LogP contribution in [0.2, 0.25) is 0 Å². The molecule has 0 saturated carbocycles. The third kappa shape index (κ3) is 3.90. The van der Waals surface area contributed by atoms with Crippen molar-refractivity contribution in [2.45, 2.75) is 6.54 Å². The highest BCUT2D eigenvalue weighted by Crippen LogP contribution is 2.39. The summed E-state index contributed by atoms with van der Waals surface area (Å²) in [6.07, 6.45) is 1.11. The van der Waals surface area contributed by atoms with Crippen LogP contribution in [0.4, 0.5) is 0 Å². The molecule has 5 rings (SSSR count). The Morgan fingerprint density at radius 3 is 2.03 bits per heavy atom. The number of benzene rings is 3. The van der Waals surface area contributed by atoms with Gasteiger partial charge in [0.15, 0.2) is 17.2 Å². The molecule has 1 amide bonds. The molecule has 36 heavy (non-hydrogen) atoms. The number of carbonyl (C=O) groups excluding carboxylic acids is 1. The van der Waals surface area contributed by atoms with E-state index in [1.165, 1.54) is 18.0 Å². The van der Waals surface area contributed by atoms with Crippen LogP contribution in [0.5, 0.6) is 23.0 Å². The summed E-state index contributed by atoms with van der Waals surface area (Å²) in [4.78, 5) is 14.1. The molecule has 0 spiro atoms. The maximum Gasteiger partial charge on any atom is 0.243 e. The van der Waals surface area contributed by atoms with Crippen molar-refractivity contribution in [2.75, 3.05) is 14.2 Å². The van der Waals surface area contributed by atoms with E-state index in [1.54, 1.807) is 43.5 Å². The number of nitrogens with zero attached hydrogens (tertiary/aromatic N) is 6. The van der Waals surface area contributed by atoms with Gasteiger partial charge in [-0.2, -0.15) is 0 Å². The number of aromatic nitrogens is 6. The fourth-order valence-electron chi connectivity index (χ4n) is 3.67. The van der Waals surface area contributed by atoms with Crippen LogP contribution in [0.1, 0.15) is 5.56 Å². The lowest BCUT2D eigenvalue weighted by molar-refractivity contribution is -0.116. The van der Waals surface area contributed by atoms with E-state index in [0.29, 0.717) is 33.6 Å². The average Bonchev–Trinajstić information content (AvgIpc) is 3.50. The molecule has 0 aliphatic heterocycles. The number of hydrogen-bond donors (Lipinski definition) is 3. The van der Waals surface area contributed by atoms with Gasteiger partial charge in [0.05, 0.1) is 14.2 Å². The van der Waals surface area contributed by atoms with Crippen molar-refractivity contribution in [2.24, 2.45) is 0 Å². The molecule has 12 nitrogen and oxygen atoms in total. The summed E-state index contributed by atoms with van der Waals surface area (Å²) in [5.74, 6) is 0.0426. The minimum absolute atomic E-state index is 0.0693. The summed E-state index contributed by atoms with van der Waals surface area (Å²) in [7, 11) is 3.08. The summed E-state index contributed by atoms with van der Waals surface area (Å²) < 4.78 is 10.5. The predicted octanol–water partition coefficient (Wildman–Crippen LogP) is 2.39. The fourth-order valence-corrected chi connectivity index (χ4v) is 3.67. The van der Waals surface area contributed by atoms with E-state index >= 15 is 0 Å². The SMILES string of the molecule is C=CC(=O)NCc1cc(-n2nc3ccc(OC)cc3n2)c(O)c(-n2nc3ccc(OC)cc3n2)c1O. The molecule has 2 heterocycles. The van der Waals surface area contributed by atoms with E-state index in [1.807, 2.05) is 0 Å². The van der Waals surface area contributed by atoms with Crippen molar-refractivity contribution in [3.05, 3.63) is 60.7 Å². The van der Waals surface area contributed by atoms with Crippen molar-refractivity contribution < 1.29 is 24.5 Å². The van der Waals surface area contributed by atoms with Gasteiger partial charge >= 0.3 is 0 Å². The molecule has 0 saturated heterocycles. The first-order chi connectivity index (χ1) is 17.4. The van der Waals surface area contributed by atoms with Crippen LogP contribution in [-0.2, 0) is 11.3 Å². The first-order valence-corrected chi connectivity index (χ1v) is 10.7. The number of fused-ring (bicyclic) bond motifs is 2. The maximum atomic E-state index is 11.8. The Morgan fingerprint density at radius 1 is 0.889 bits per heavy atom. The molecule has 12 heteroatoms. The van der Waals surface area contributed by atoms with Crippen molar-refractivity contribution >= 4 is 28.0 Å². The molecule has 0 radical (unpaired) electrons. The lowest BCUT2D eigenvalue weighted by Crippen LogP contribution is -2.20. The van der Waals surface area contributed by atoms with Crippen LogP contribution >= 0.6 is 0 Å². The van der Waals surface area contributed by atoms with Crippen molar-refractivity contribution in [1.82, 2.24) is 35.3 Å². The van der Waals surface area contributed by atoms with Gasteiger partial charge in [0.1, 0.15) is 39.3 Å². The summed E-state index contributed by atoms with van der Waals surface area (Å²) in [5.41, 5.74) is 2.38. The highest BCUT2D eigenvalue weighted by molar-refractivity contribution is 5.87. The summed E-state index contributed by atoms with van der Waals surface area (Å²) in [5, 5.41) is 42.6. The third-order valence-corrected chi connectivity index (χ3v) is 5.54. The Labute approximate surface area is 204 Å². The topological polar surface area (TPSA) is 149 Å². The van der Waals surface area contributed by atoms with Crippen molar-refractivity contribution in [3.63, 3.8) is 0 Å². The Balaban J connectivity index is 1.70. The van der Waals surface area contributed by atoms with Gasteiger partial charge in [0.25, 0.3) is 0 Å². The Kier molecular flexibility index (Phi) is 5.60. The Bertz CT molecular complexity index is 1640. The summed E-state index contributed by atoms with van der Waals surface area (Å²) >= 11 is 0. The molecule has 182 valence electrons. The second-order valence-electron chi connectivity index (χ2n) is 7.71. The first-order valence-electron chi connectivity index (χ1n) is 10.7. The van der Waals surface area contributed by atoms with Gasteiger partial charge in [-0.3, -0.25) is 4.79 Å². The number of amides is 1. The van der Waals surface area contributed by atoms with Crippen LogP contribution in [0.3, 0.4) is 0 Å². The number of carbonyl (C=O) groups is 1. The number of hydrogen-bond acceptors (Lipinski definition) is 9. The normalized spacial score (nSPS) is 11.1. The smallest absolute Gasteiger partial charge is 0.243 e. The highest BCUT2D eigenvalue weighted by Gasteiger charge is 2.24. The molecule has 0 atom stereocenters. The monoisotopic (exact) mass is 487 g/mol. The quantitative estimate of drug-likeness (QED) is 0.294. The van der Waals surface area contributed by atoms with Gasteiger partial charge < -0.3 is 25.0 Å². The Hall–Kier alpha value is -5.13. The molecule has 0 bridgehead atoms. The van der Waals surface area contributed by atoms with E-state index in [9.17, 15) is 15.0 Å². The minimum atomic E-state index is -0.435. The van der Waals surface area contributed by atoms with Crippen LogP contribution in [0.25, 0.3) is 33.4 Å². The van der Waals surface area contributed by atoms with Crippen LogP contribution in [-0.4, -0.2) is 60.3 Å². The number of phenolic OH excluding ortho intramolecular Hbond substituents is 2. The fraction of sp³-hybridized carbons (Fsp3) is 0.125. The molecule has 0 aliphatic carbocycles. The molecule has 5 aromatic rings. The van der Waals surface area contributed by atoms with Gasteiger partial charge in [-0.25, -0.2) is 0 Å². The second-order valence-corrected chi connectivity index (χ2v) is 7.71. The van der Waals surface area contributed by atoms with Gasteiger partial charge in [-0.15, -0.1) is 30.0 Å². The van der Waals surface area contributed by atoms with Gasteiger partial charge in [0.2, 0.25) is 5.91 Å². The van der Waals surface area contributed by atoms with Crippen LogP contribution in [0.15, 0.2) is 55.1 Å². The molecule has 3 N–H and O–H groups in total. The van der Waals surface area contributed by atoms with Gasteiger partial charge in [-0.05, 0) is 36.4 Å².